The molecule has 0 spiro atoms. The van der Waals surface area contributed by atoms with Crippen LogP contribution in [0, 0.1) is 6.92 Å². The van der Waals surface area contributed by atoms with Crippen molar-refractivity contribution in [2.45, 2.75) is 39.8 Å². The van der Waals surface area contributed by atoms with Gasteiger partial charge in [0, 0.05) is 18.9 Å². The van der Waals surface area contributed by atoms with E-state index in [4.69, 9.17) is 0 Å². The Bertz CT molecular complexity index is 616. The highest BCUT2D eigenvalue weighted by Crippen LogP contribution is 2.16. The van der Waals surface area contributed by atoms with E-state index in [2.05, 4.69) is 48.4 Å². The Morgan fingerprint density at radius 3 is 2.65 bits per heavy atom. The molecule has 1 unspecified atom stereocenters. The Morgan fingerprint density at radius 1 is 1.30 bits per heavy atom. The first-order chi connectivity index (χ1) is 9.61. The average Bonchev–Trinajstić information content (AvgIpc) is 2.44. The first-order valence-corrected chi connectivity index (χ1v) is 7.00. The summed E-state index contributed by atoms with van der Waals surface area (Å²) in [6.07, 6.45) is 4.33. The van der Waals surface area contributed by atoms with Crippen molar-refractivity contribution in [3.63, 3.8) is 0 Å². The number of nitrogens with zero attached hydrogens (tertiary/aromatic N) is 2. The van der Waals surface area contributed by atoms with Gasteiger partial charge in [0.25, 0.3) is 5.56 Å². The van der Waals surface area contributed by atoms with E-state index in [9.17, 15) is 4.79 Å². The highest BCUT2D eigenvalue weighted by atomic mass is 16.1. The number of aryl methyl sites for hydroxylation is 2. The van der Waals surface area contributed by atoms with E-state index in [0.717, 1.165) is 18.5 Å². The van der Waals surface area contributed by atoms with Crippen molar-refractivity contribution in [1.82, 2.24) is 9.55 Å². The third-order valence-electron chi connectivity index (χ3n) is 3.31. The normalized spacial score (nSPS) is 12.2. The molecule has 0 fully saturated rings. The van der Waals surface area contributed by atoms with Crippen molar-refractivity contribution in [3.8, 4) is 0 Å². The first kappa shape index (κ1) is 14.3. The minimum atomic E-state index is -0.0617. The van der Waals surface area contributed by atoms with Gasteiger partial charge in [0.2, 0.25) is 0 Å². The maximum Gasteiger partial charge on any atom is 0.293 e. The van der Waals surface area contributed by atoms with Gasteiger partial charge in [-0.15, -0.1) is 0 Å². The second kappa shape index (κ2) is 6.37. The van der Waals surface area contributed by atoms with Crippen LogP contribution < -0.4 is 10.9 Å². The van der Waals surface area contributed by atoms with Crippen LogP contribution in [0.5, 0.6) is 0 Å². The van der Waals surface area contributed by atoms with E-state index in [0.29, 0.717) is 5.82 Å². The van der Waals surface area contributed by atoms with Gasteiger partial charge in [-0.3, -0.25) is 4.79 Å². The minimum absolute atomic E-state index is 0.0493. The fraction of sp³-hybridized carbons (Fsp3) is 0.375. The molecule has 1 aromatic carbocycles. The summed E-state index contributed by atoms with van der Waals surface area (Å²) >= 11 is 0. The van der Waals surface area contributed by atoms with Crippen LogP contribution in [-0.2, 0) is 6.54 Å². The highest BCUT2D eigenvalue weighted by Gasteiger charge is 2.09. The van der Waals surface area contributed by atoms with Crippen LogP contribution in [0.15, 0.2) is 41.5 Å². The fourth-order valence-electron chi connectivity index (χ4n) is 2.11. The van der Waals surface area contributed by atoms with E-state index >= 15 is 0 Å². The van der Waals surface area contributed by atoms with Gasteiger partial charge >= 0.3 is 0 Å². The molecular formula is C16H21N3O. The zero-order chi connectivity index (χ0) is 14.5. The number of hydrogen-bond donors (Lipinski definition) is 1. The second-order valence-electron chi connectivity index (χ2n) is 5.05. The molecule has 0 saturated heterocycles. The van der Waals surface area contributed by atoms with E-state index in [1.54, 1.807) is 17.0 Å². The van der Waals surface area contributed by atoms with E-state index in [-0.39, 0.29) is 11.6 Å². The van der Waals surface area contributed by atoms with Crippen molar-refractivity contribution in [2.24, 2.45) is 0 Å². The molecule has 0 saturated carbocycles. The van der Waals surface area contributed by atoms with Crippen LogP contribution in [-0.4, -0.2) is 9.55 Å². The Morgan fingerprint density at radius 2 is 2.00 bits per heavy atom. The number of hydrogen-bond acceptors (Lipinski definition) is 3. The molecule has 20 heavy (non-hydrogen) atoms. The van der Waals surface area contributed by atoms with Crippen LogP contribution in [0.4, 0.5) is 5.82 Å². The molecule has 0 aliphatic heterocycles. The van der Waals surface area contributed by atoms with Crippen molar-refractivity contribution in [1.29, 1.82) is 0 Å². The smallest absolute Gasteiger partial charge is 0.293 e. The molecule has 1 aromatic heterocycles. The van der Waals surface area contributed by atoms with Crippen molar-refractivity contribution < 1.29 is 0 Å². The highest BCUT2D eigenvalue weighted by molar-refractivity contribution is 5.36. The molecule has 4 heteroatoms. The molecule has 0 aliphatic rings. The van der Waals surface area contributed by atoms with Crippen LogP contribution in [0.25, 0.3) is 0 Å². The maximum absolute atomic E-state index is 12.2. The molecular weight excluding hydrogens is 250 g/mol. The molecule has 106 valence electrons. The van der Waals surface area contributed by atoms with Gasteiger partial charge in [0.05, 0.1) is 6.04 Å². The lowest BCUT2D eigenvalue weighted by molar-refractivity contribution is 0.648. The van der Waals surface area contributed by atoms with Gasteiger partial charge in [-0.2, -0.15) is 0 Å². The van der Waals surface area contributed by atoms with Crippen molar-refractivity contribution in [2.75, 3.05) is 5.32 Å². The molecule has 2 rings (SSSR count). The van der Waals surface area contributed by atoms with Gasteiger partial charge in [-0.05, 0) is 25.8 Å². The maximum atomic E-state index is 12.2. The number of nitrogens with one attached hydrogen (secondary N) is 1. The molecule has 0 bridgehead atoms. The monoisotopic (exact) mass is 271 g/mol. The van der Waals surface area contributed by atoms with Crippen molar-refractivity contribution in [3.05, 3.63) is 58.1 Å². The lowest BCUT2D eigenvalue weighted by Gasteiger charge is -2.15. The molecule has 2 aromatic rings. The summed E-state index contributed by atoms with van der Waals surface area (Å²) in [5.41, 5.74) is 2.31. The Kier molecular flexibility index (Phi) is 4.56. The summed E-state index contributed by atoms with van der Waals surface area (Å²) in [5.74, 6) is 0.411. The van der Waals surface area contributed by atoms with Crippen LogP contribution in [0.1, 0.15) is 37.4 Å². The summed E-state index contributed by atoms with van der Waals surface area (Å²) in [6.45, 7) is 6.86. The molecule has 1 heterocycles. The molecule has 0 amide bonds. The number of aromatic nitrogens is 2. The predicted molar refractivity (Wildman–Crippen MR) is 82.0 cm³/mol. The third-order valence-corrected chi connectivity index (χ3v) is 3.31. The van der Waals surface area contributed by atoms with E-state index in [1.807, 2.05) is 6.92 Å². The van der Waals surface area contributed by atoms with Crippen molar-refractivity contribution >= 4 is 5.82 Å². The zero-order valence-corrected chi connectivity index (χ0v) is 12.3. The summed E-state index contributed by atoms with van der Waals surface area (Å²) in [4.78, 5) is 16.4. The third kappa shape index (κ3) is 3.26. The Labute approximate surface area is 119 Å². The number of benzene rings is 1. The van der Waals surface area contributed by atoms with Gasteiger partial charge in [-0.1, -0.05) is 36.8 Å². The van der Waals surface area contributed by atoms with E-state index in [1.165, 1.54) is 5.56 Å². The largest absolute Gasteiger partial charge is 0.359 e. The topological polar surface area (TPSA) is 46.9 Å². The van der Waals surface area contributed by atoms with Gasteiger partial charge in [0.15, 0.2) is 5.82 Å². The lowest BCUT2D eigenvalue weighted by atomic mass is 10.1. The average molecular weight is 271 g/mol. The van der Waals surface area contributed by atoms with Gasteiger partial charge in [-0.25, -0.2) is 4.98 Å². The zero-order valence-electron chi connectivity index (χ0n) is 12.3. The predicted octanol–water partition coefficient (Wildman–Crippen LogP) is 3.13. The van der Waals surface area contributed by atoms with Gasteiger partial charge in [0.1, 0.15) is 0 Å². The second-order valence-corrected chi connectivity index (χ2v) is 5.05. The Hall–Kier alpha value is -2.10. The fourth-order valence-corrected chi connectivity index (χ4v) is 2.11. The Balaban J connectivity index is 2.19. The summed E-state index contributed by atoms with van der Waals surface area (Å²) in [6, 6.07) is 8.33. The quantitative estimate of drug-likeness (QED) is 0.908. The first-order valence-electron chi connectivity index (χ1n) is 7.00. The molecule has 0 aliphatic carbocycles. The standard InChI is InChI=1S/C16H21N3O/c1-4-10-19-11-9-17-15(16(19)20)18-13(3)14-7-5-12(2)6-8-14/h5-9,11,13H,4,10H2,1-3H3,(H,17,18). The lowest BCUT2D eigenvalue weighted by Crippen LogP contribution is -2.25. The van der Waals surface area contributed by atoms with Crippen LogP contribution >= 0.6 is 0 Å². The van der Waals surface area contributed by atoms with Gasteiger partial charge < -0.3 is 9.88 Å². The SMILES string of the molecule is CCCn1ccnc(NC(C)c2ccc(C)cc2)c1=O. The van der Waals surface area contributed by atoms with Crippen LogP contribution in [0.3, 0.4) is 0 Å². The summed E-state index contributed by atoms with van der Waals surface area (Å²) < 4.78 is 1.69. The minimum Gasteiger partial charge on any atom is -0.359 e. The molecule has 1 N–H and O–H groups in total. The summed E-state index contributed by atoms with van der Waals surface area (Å²) in [5, 5.41) is 3.20. The summed E-state index contributed by atoms with van der Waals surface area (Å²) in [7, 11) is 0. The van der Waals surface area contributed by atoms with E-state index < -0.39 is 0 Å². The number of anilines is 1. The molecule has 1 atom stereocenters. The molecule has 4 nitrogen and oxygen atoms in total. The van der Waals surface area contributed by atoms with Crippen LogP contribution in [0.2, 0.25) is 0 Å². The molecule has 0 radical (unpaired) electrons. The number of rotatable bonds is 5.